The summed E-state index contributed by atoms with van der Waals surface area (Å²) in [5, 5.41) is 7.23. The van der Waals surface area contributed by atoms with Gasteiger partial charge in [-0.25, -0.2) is 0 Å². The topological polar surface area (TPSA) is 16.4 Å². The van der Waals surface area contributed by atoms with Gasteiger partial charge in [-0.15, -0.1) is 11.3 Å². The number of fused-ring (bicyclic) bond motifs is 11. The highest BCUT2D eigenvalue weighted by Crippen LogP contribution is 2.54. The highest BCUT2D eigenvalue weighted by molar-refractivity contribution is 7.25. The Morgan fingerprint density at radius 3 is 2.12 bits per heavy atom. The van der Waals surface area contributed by atoms with Crippen molar-refractivity contribution in [2.75, 3.05) is 4.90 Å². The number of benzene rings is 8. The van der Waals surface area contributed by atoms with Gasteiger partial charge in [0.2, 0.25) is 0 Å². The van der Waals surface area contributed by atoms with E-state index in [1.54, 1.807) is 0 Å². The Morgan fingerprint density at radius 1 is 0.500 bits per heavy atom. The van der Waals surface area contributed by atoms with Crippen molar-refractivity contribution in [3.8, 4) is 22.3 Å². The van der Waals surface area contributed by atoms with Crippen LogP contribution in [-0.2, 0) is 5.41 Å². The van der Waals surface area contributed by atoms with Gasteiger partial charge in [-0.1, -0.05) is 111 Å². The van der Waals surface area contributed by atoms with Gasteiger partial charge in [0, 0.05) is 58.7 Å². The molecule has 0 spiro atoms. The fourth-order valence-electron chi connectivity index (χ4n) is 8.70. The van der Waals surface area contributed by atoms with Crippen molar-refractivity contribution in [1.29, 1.82) is 0 Å². The zero-order valence-electron chi connectivity index (χ0n) is 28.9. The molecule has 8 aromatic carbocycles. The van der Waals surface area contributed by atoms with E-state index in [4.69, 9.17) is 4.42 Å². The number of furan rings is 1. The number of hydrogen-bond acceptors (Lipinski definition) is 3. The first-order valence-electron chi connectivity index (χ1n) is 17.9. The Labute approximate surface area is 305 Å². The van der Waals surface area contributed by atoms with Crippen molar-refractivity contribution in [3.63, 3.8) is 0 Å². The van der Waals surface area contributed by atoms with Crippen LogP contribution in [0.2, 0.25) is 0 Å². The summed E-state index contributed by atoms with van der Waals surface area (Å²) in [6, 6.07) is 60.0. The quantitative estimate of drug-likeness (QED) is 0.184. The lowest BCUT2D eigenvalue weighted by Gasteiger charge is -2.29. The van der Waals surface area contributed by atoms with Gasteiger partial charge in [0.05, 0.1) is 5.69 Å². The molecule has 2 nitrogen and oxygen atoms in total. The van der Waals surface area contributed by atoms with Crippen molar-refractivity contribution in [3.05, 3.63) is 175 Å². The van der Waals surface area contributed by atoms with Gasteiger partial charge in [0.25, 0.3) is 0 Å². The second-order valence-electron chi connectivity index (χ2n) is 14.5. The summed E-state index contributed by atoms with van der Waals surface area (Å²) in [4.78, 5) is 2.46. The first-order valence-corrected chi connectivity index (χ1v) is 18.7. The number of hydrogen-bond donors (Lipinski definition) is 0. The highest BCUT2D eigenvalue weighted by atomic mass is 32.1. The minimum Gasteiger partial charge on any atom is -0.455 e. The lowest BCUT2D eigenvalue weighted by atomic mass is 9.82. The van der Waals surface area contributed by atoms with Crippen LogP contribution in [0, 0.1) is 0 Å². The molecule has 52 heavy (non-hydrogen) atoms. The van der Waals surface area contributed by atoms with Gasteiger partial charge in [0.15, 0.2) is 0 Å². The van der Waals surface area contributed by atoms with Crippen LogP contribution in [0.5, 0.6) is 0 Å². The number of thiophene rings is 1. The van der Waals surface area contributed by atoms with Crippen molar-refractivity contribution in [1.82, 2.24) is 0 Å². The predicted octanol–water partition coefficient (Wildman–Crippen LogP) is 14.6. The maximum atomic E-state index is 6.34. The molecule has 11 rings (SSSR count). The Bertz CT molecular complexity index is 3050. The largest absolute Gasteiger partial charge is 0.455 e. The lowest BCUT2D eigenvalue weighted by molar-refractivity contribution is 0.660. The van der Waals surface area contributed by atoms with Crippen molar-refractivity contribution < 1.29 is 4.42 Å². The summed E-state index contributed by atoms with van der Waals surface area (Å²) >= 11 is 1.86. The minimum atomic E-state index is -0.0883. The minimum absolute atomic E-state index is 0.0883. The molecule has 0 saturated carbocycles. The van der Waals surface area contributed by atoms with Crippen LogP contribution >= 0.6 is 11.3 Å². The van der Waals surface area contributed by atoms with Gasteiger partial charge in [-0.05, 0) is 99.9 Å². The molecular formula is C49H33NOS. The normalized spacial score (nSPS) is 13.3. The molecule has 0 fully saturated rings. The molecule has 246 valence electrons. The zero-order valence-corrected chi connectivity index (χ0v) is 29.7. The standard InChI is InChI=1S/C49H33NOS/c1-49(2)41-13-6-3-12-39(41)47-42(49)14-9-15-43(47)50(34-24-27-46-40(29-34)37-11-5-8-17-45(37)52-46)33-22-18-30(19-23-33)31-20-25-35-32(28-31)21-26-38-36-10-4-7-16-44(36)51-48(35)38/h3-29H,1-2H3. The van der Waals surface area contributed by atoms with Crippen LogP contribution in [0.15, 0.2) is 168 Å². The van der Waals surface area contributed by atoms with E-state index >= 15 is 0 Å². The van der Waals surface area contributed by atoms with E-state index in [0.29, 0.717) is 0 Å². The predicted molar refractivity (Wildman–Crippen MR) is 222 cm³/mol. The monoisotopic (exact) mass is 683 g/mol. The molecule has 0 aliphatic heterocycles. The SMILES string of the molecule is CC1(C)c2ccccc2-c2c(N(c3ccc(-c4ccc5c(ccc6c7ccccc7oc56)c4)cc3)c3ccc4sc5ccccc5c4c3)cccc21. The lowest BCUT2D eigenvalue weighted by Crippen LogP contribution is -2.16. The molecular weight excluding hydrogens is 651 g/mol. The fraction of sp³-hybridized carbons (Fsp3) is 0.0612. The molecule has 10 aromatic rings. The van der Waals surface area contributed by atoms with E-state index in [2.05, 4.69) is 170 Å². The summed E-state index contributed by atoms with van der Waals surface area (Å²) in [6.07, 6.45) is 0. The van der Waals surface area contributed by atoms with E-state index in [1.807, 2.05) is 23.5 Å². The van der Waals surface area contributed by atoms with Crippen LogP contribution in [-0.4, -0.2) is 0 Å². The van der Waals surface area contributed by atoms with Crippen LogP contribution in [0.3, 0.4) is 0 Å². The molecule has 0 radical (unpaired) electrons. The van der Waals surface area contributed by atoms with Crippen LogP contribution in [0.1, 0.15) is 25.0 Å². The smallest absolute Gasteiger partial charge is 0.143 e. The van der Waals surface area contributed by atoms with Crippen molar-refractivity contribution in [2.45, 2.75) is 19.3 Å². The summed E-state index contributed by atoms with van der Waals surface area (Å²) in [5.41, 5.74) is 13.0. The van der Waals surface area contributed by atoms with Gasteiger partial charge in [-0.3, -0.25) is 0 Å². The molecule has 3 heteroatoms. The second kappa shape index (κ2) is 10.9. The van der Waals surface area contributed by atoms with E-state index in [0.717, 1.165) is 38.7 Å². The first-order chi connectivity index (χ1) is 25.5. The number of para-hydroxylation sites is 1. The molecule has 0 amide bonds. The molecule has 0 N–H and O–H groups in total. The molecule has 0 unspecified atom stereocenters. The molecule has 0 atom stereocenters. The zero-order chi connectivity index (χ0) is 34.6. The average Bonchev–Trinajstić information content (AvgIpc) is 3.83. The fourth-order valence-corrected chi connectivity index (χ4v) is 9.78. The van der Waals surface area contributed by atoms with Gasteiger partial charge < -0.3 is 9.32 Å². The number of anilines is 3. The Hall–Kier alpha value is -6.16. The van der Waals surface area contributed by atoms with E-state index < -0.39 is 0 Å². The van der Waals surface area contributed by atoms with E-state index in [9.17, 15) is 0 Å². The summed E-state index contributed by atoms with van der Waals surface area (Å²) < 4.78 is 8.97. The highest BCUT2D eigenvalue weighted by Gasteiger charge is 2.37. The molecule has 0 saturated heterocycles. The molecule has 2 heterocycles. The maximum Gasteiger partial charge on any atom is 0.143 e. The molecule has 2 aromatic heterocycles. The Morgan fingerprint density at radius 2 is 1.21 bits per heavy atom. The summed E-state index contributed by atoms with van der Waals surface area (Å²) in [6.45, 7) is 4.71. The van der Waals surface area contributed by atoms with Crippen LogP contribution in [0.4, 0.5) is 17.1 Å². The Kier molecular flexibility index (Phi) is 6.21. The number of nitrogens with zero attached hydrogens (tertiary/aromatic N) is 1. The summed E-state index contributed by atoms with van der Waals surface area (Å²) in [5.74, 6) is 0. The molecule has 1 aliphatic carbocycles. The molecule has 0 bridgehead atoms. The number of rotatable bonds is 4. The van der Waals surface area contributed by atoms with E-state index in [1.165, 1.54) is 64.6 Å². The van der Waals surface area contributed by atoms with Gasteiger partial charge in [-0.2, -0.15) is 0 Å². The first kappa shape index (κ1) is 29.6. The third kappa shape index (κ3) is 4.23. The van der Waals surface area contributed by atoms with Gasteiger partial charge in [0.1, 0.15) is 11.2 Å². The van der Waals surface area contributed by atoms with Crippen LogP contribution in [0.25, 0.3) is 75.1 Å². The average molecular weight is 684 g/mol. The van der Waals surface area contributed by atoms with E-state index in [-0.39, 0.29) is 5.41 Å². The third-order valence-electron chi connectivity index (χ3n) is 11.3. The van der Waals surface area contributed by atoms with Crippen molar-refractivity contribution >= 4 is 81.3 Å². The van der Waals surface area contributed by atoms with Crippen LogP contribution < -0.4 is 4.90 Å². The summed E-state index contributed by atoms with van der Waals surface area (Å²) in [7, 11) is 0. The second-order valence-corrected chi connectivity index (χ2v) is 15.6. The maximum absolute atomic E-state index is 6.34. The van der Waals surface area contributed by atoms with Crippen molar-refractivity contribution in [2.24, 2.45) is 0 Å². The Balaban J connectivity index is 1.07. The van der Waals surface area contributed by atoms with Gasteiger partial charge >= 0.3 is 0 Å². The molecule has 1 aliphatic rings. The third-order valence-corrected chi connectivity index (χ3v) is 12.4.